The van der Waals surface area contributed by atoms with Gasteiger partial charge in [-0.2, -0.15) is 13.2 Å². The molecule has 29 heavy (non-hydrogen) atoms. The van der Waals surface area contributed by atoms with E-state index in [4.69, 9.17) is 4.74 Å². The van der Waals surface area contributed by atoms with E-state index in [1.807, 2.05) is 0 Å². The Morgan fingerprint density at radius 3 is 2.45 bits per heavy atom. The second-order valence-corrected chi connectivity index (χ2v) is 6.25. The van der Waals surface area contributed by atoms with E-state index in [2.05, 4.69) is 15.3 Å². The molecule has 4 rings (SSSR count). The molecule has 148 valence electrons. The first-order valence-electron chi connectivity index (χ1n) is 8.49. The van der Waals surface area contributed by atoms with Gasteiger partial charge >= 0.3 is 6.18 Å². The number of nitrogens with zero attached hydrogens (tertiary/aromatic N) is 3. The number of aromatic nitrogens is 3. The highest BCUT2D eigenvalue weighted by molar-refractivity contribution is 5.81. The van der Waals surface area contributed by atoms with Crippen LogP contribution in [0.1, 0.15) is 5.56 Å². The number of benzene rings is 2. The van der Waals surface area contributed by atoms with E-state index in [-0.39, 0.29) is 11.6 Å². The highest BCUT2D eigenvalue weighted by atomic mass is 19.4. The van der Waals surface area contributed by atoms with Gasteiger partial charge < -0.3 is 14.6 Å². The Morgan fingerprint density at radius 2 is 1.72 bits per heavy atom. The second-order valence-electron chi connectivity index (χ2n) is 6.25. The Bertz CT molecular complexity index is 1170. The van der Waals surface area contributed by atoms with Gasteiger partial charge in [0.1, 0.15) is 17.3 Å². The van der Waals surface area contributed by atoms with Crippen LogP contribution in [0.5, 0.6) is 11.5 Å². The SMILES string of the molecule is Cn1c(Nc2cc(C(F)(F)F)ccc2F)nc2cc(Oc3ccncc3)ccc21. The van der Waals surface area contributed by atoms with Gasteiger partial charge in [0.2, 0.25) is 5.95 Å². The maximum absolute atomic E-state index is 14.0. The van der Waals surface area contributed by atoms with Gasteiger partial charge in [0.15, 0.2) is 0 Å². The average molecular weight is 402 g/mol. The van der Waals surface area contributed by atoms with Crippen molar-refractivity contribution < 1.29 is 22.3 Å². The van der Waals surface area contributed by atoms with E-state index in [9.17, 15) is 17.6 Å². The zero-order chi connectivity index (χ0) is 20.6. The molecule has 0 bridgehead atoms. The number of nitrogens with one attached hydrogen (secondary N) is 1. The largest absolute Gasteiger partial charge is 0.457 e. The Morgan fingerprint density at radius 1 is 0.966 bits per heavy atom. The van der Waals surface area contributed by atoms with Crippen molar-refractivity contribution in [1.82, 2.24) is 14.5 Å². The monoisotopic (exact) mass is 402 g/mol. The lowest BCUT2D eigenvalue weighted by Gasteiger charge is -2.11. The Labute approximate surface area is 162 Å². The van der Waals surface area contributed by atoms with Crippen molar-refractivity contribution in [2.45, 2.75) is 6.18 Å². The minimum absolute atomic E-state index is 0.194. The molecular formula is C20H14F4N4O. The smallest absolute Gasteiger partial charge is 0.416 e. The first-order valence-corrected chi connectivity index (χ1v) is 8.49. The number of alkyl halides is 3. The van der Waals surface area contributed by atoms with Gasteiger partial charge in [-0.05, 0) is 42.5 Å². The zero-order valence-electron chi connectivity index (χ0n) is 15.0. The van der Waals surface area contributed by atoms with Gasteiger partial charge in [0.25, 0.3) is 0 Å². The number of ether oxygens (including phenoxy) is 1. The predicted octanol–water partition coefficient (Wildman–Crippen LogP) is 5.66. The van der Waals surface area contributed by atoms with E-state index < -0.39 is 17.6 Å². The second kappa shape index (κ2) is 7.08. The van der Waals surface area contributed by atoms with Crippen molar-refractivity contribution in [3.05, 3.63) is 72.3 Å². The summed E-state index contributed by atoms with van der Waals surface area (Å²) < 4.78 is 60.2. The Balaban J connectivity index is 1.66. The molecule has 0 saturated heterocycles. The highest BCUT2D eigenvalue weighted by Gasteiger charge is 2.31. The summed E-state index contributed by atoms with van der Waals surface area (Å²) in [4.78, 5) is 8.27. The highest BCUT2D eigenvalue weighted by Crippen LogP contribution is 2.33. The quantitative estimate of drug-likeness (QED) is 0.448. The van der Waals surface area contributed by atoms with Crippen LogP contribution in [0.2, 0.25) is 0 Å². The van der Waals surface area contributed by atoms with Crippen molar-refractivity contribution >= 4 is 22.7 Å². The van der Waals surface area contributed by atoms with E-state index in [0.29, 0.717) is 34.7 Å². The third-order valence-electron chi connectivity index (χ3n) is 4.28. The molecule has 2 aromatic carbocycles. The van der Waals surface area contributed by atoms with Gasteiger partial charge in [0, 0.05) is 25.5 Å². The van der Waals surface area contributed by atoms with Crippen molar-refractivity contribution in [2.75, 3.05) is 5.32 Å². The molecule has 5 nitrogen and oxygen atoms in total. The van der Waals surface area contributed by atoms with Gasteiger partial charge in [0.05, 0.1) is 22.3 Å². The van der Waals surface area contributed by atoms with Crippen LogP contribution >= 0.6 is 0 Å². The third-order valence-corrected chi connectivity index (χ3v) is 4.28. The lowest BCUT2D eigenvalue weighted by molar-refractivity contribution is -0.137. The van der Waals surface area contributed by atoms with Gasteiger partial charge in [-0.15, -0.1) is 0 Å². The van der Waals surface area contributed by atoms with Gasteiger partial charge in [-0.25, -0.2) is 9.37 Å². The molecule has 0 spiro atoms. The van der Waals surface area contributed by atoms with Gasteiger partial charge in [-0.1, -0.05) is 0 Å². The summed E-state index contributed by atoms with van der Waals surface area (Å²) in [5.41, 5.74) is -0.0319. The summed E-state index contributed by atoms with van der Waals surface area (Å²) >= 11 is 0. The lowest BCUT2D eigenvalue weighted by Crippen LogP contribution is -2.07. The van der Waals surface area contributed by atoms with E-state index in [1.165, 1.54) is 0 Å². The molecule has 4 aromatic rings. The van der Waals surface area contributed by atoms with Crippen LogP contribution in [0.15, 0.2) is 60.9 Å². The topological polar surface area (TPSA) is 52.0 Å². The number of fused-ring (bicyclic) bond motifs is 1. The zero-order valence-corrected chi connectivity index (χ0v) is 15.0. The summed E-state index contributed by atoms with van der Waals surface area (Å²) in [5, 5.41) is 2.64. The molecule has 0 aliphatic rings. The number of halogens is 4. The molecule has 2 aromatic heterocycles. The maximum atomic E-state index is 14.0. The fourth-order valence-electron chi connectivity index (χ4n) is 2.82. The Hall–Kier alpha value is -3.62. The summed E-state index contributed by atoms with van der Waals surface area (Å²) in [6.07, 6.45) is -1.38. The average Bonchev–Trinajstić information content (AvgIpc) is 2.98. The molecule has 2 heterocycles. The van der Waals surface area contributed by atoms with Crippen molar-refractivity contribution in [1.29, 1.82) is 0 Å². The first-order chi connectivity index (χ1) is 13.8. The maximum Gasteiger partial charge on any atom is 0.416 e. The fourth-order valence-corrected chi connectivity index (χ4v) is 2.82. The number of imidazole rings is 1. The van der Waals surface area contributed by atoms with Crippen LogP contribution in [0, 0.1) is 5.82 Å². The molecule has 9 heteroatoms. The van der Waals surface area contributed by atoms with Crippen molar-refractivity contribution in [2.24, 2.45) is 7.05 Å². The van der Waals surface area contributed by atoms with Gasteiger partial charge in [-0.3, -0.25) is 4.98 Å². The van der Waals surface area contributed by atoms with Crippen molar-refractivity contribution in [3.8, 4) is 11.5 Å². The standard InChI is InChI=1S/C20H14F4N4O/c1-28-18-5-3-14(29-13-6-8-25-9-7-13)11-17(18)27-19(28)26-16-10-12(20(22,23)24)2-4-15(16)21/h2-11H,1H3,(H,26,27). The molecule has 0 fully saturated rings. The van der Waals surface area contributed by atoms with Crippen LogP contribution in [-0.4, -0.2) is 14.5 Å². The van der Waals surface area contributed by atoms with E-state index in [0.717, 1.165) is 6.07 Å². The fraction of sp³-hybridized carbons (Fsp3) is 0.100. The van der Waals surface area contributed by atoms with Crippen LogP contribution in [0.3, 0.4) is 0 Å². The molecule has 0 aliphatic carbocycles. The molecule has 0 atom stereocenters. The predicted molar refractivity (Wildman–Crippen MR) is 99.7 cm³/mol. The lowest BCUT2D eigenvalue weighted by atomic mass is 10.2. The minimum atomic E-state index is -4.57. The molecule has 0 amide bonds. The molecule has 0 saturated carbocycles. The van der Waals surface area contributed by atoms with Crippen LogP contribution in [0.25, 0.3) is 11.0 Å². The summed E-state index contributed by atoms with van der Waals surface area (Å²) in [7, 11) is 1.67. The molecule has 0 aliphatic heterocycles. The summed E-state index contributed by atoms with van der Waals surface area (Å²) in [6, 6.07) is 10.8. The van der Waals surface area contributed by atoms with E-state index >= 15 is 0 Å². The van der Waals surface area contributed by atoms with Crippen LogP contribution in [0.4, 0.5) is 29.2 Å². The van der Waals surface area contributed by atoms with E-state index in [1.54, 1.807) is 54.3 Å². The summed E-state index contributed by atoms with van der Waals surface area (Å²) in [6.45, 7) is 0. The number of aryl methyl sites for hydroxylation is 1. The van der Waals surface area contributed by atoms with Crippen LogP contribution < -0.4 is 10.1 Å². The number of hydrogen-bond acceptors (Lipinski definition) is 4. The van der Waals surface area contributed by atoms with Crippen LogP contribution in [-0.2, 0) is 13.2 Å². The molecule has 1 N–H and O–H groups in total. The number of hydrogen-bond donors (Lipinski definition) is 1. The normalized spacial score (nSPS) is 11.6. The number of anilines is 2. The number of pyridine rings is 1. The molecule has 0 radical (unpaired) electrons. The molecule has 0 unspecified atom stereocenters. The molecular weight excluding hydrogens is 388 g/mol. The third kappa shape index (κ3) is 3.84. The first kappa shape index (κ1) is 18.7. The minimum Gasteiger partial charge on any atom is -0.457 e. The number of rotatable bonds is 4. The Kier molecular flexibility index (Phi) is 4.57. The summed E-state index contributed by atoms with van der Waals surface area (Å²) in [5.74, 6) is 0.504. The van der Waals surface area contributed by atoms with Crippen molar-refractivity contribution in [3.63, 3.8) is 0 Å².